The van der Waals surface area contributed by atoms with E-state index in [1.807, 2.05) is 32.9 Å². The van der Waals surface area contributed by atoms with Gasteiger partial charge in [0.25, 0.3) is 5.91 Å². The number of carbonyl (C=O) groups is 1. The van der Waals surface area contributed by atoms with E-state index >= 15 is 0 Å². The van der Waals surface area contributed by atoms with E-state index in [0.717, 1.165) is 57.3 Å². The van der Waals surface area contributed by atoms with Gasteiger partial charge in [0, 0.05) is 56.3 Å². The molecule has 0 N–H and O–H groups in total. The van der Waals surface area contributed by atoms with Crippen LogP contribution in [0.2, 0.25) is 5.02 Å². The predicted octanol–water partition coefficient (Wildman–Crippen LogP) is 7.26. The molecule has 0 saturated carbocycles. The van der Waals surface area contributed by atoms with Crippen LogP contribution in [0.15, 0.2) is 48.8 Å². The maximum atomic E-state index is 13.2. The van der Waals surface area contributed by atoms with Gasteiger partial charge in [0.05, 0.1) is 23.3 Å². The number of amides is 1. The summed E-state index contributed by atoms with van der Waals surface area (Å²) in [5.74, 6) is 0.115. The molecule has 7 nitrogen and oxygen atoms in total. The highest BCUT2D eigenvalue weighted by molar-refractivity contribution is 6.36. The number of halogens is 2. The molecule has 3 aromatic rings. The third kappa shape index (κ3) is 8.40. The average molecular weight is 581 g/mol. The van der Waals surface area contributed by atoms with Crippen LogP contribution in [0.25, 0.3) is 10.8 Å². The zero-order valence-corrected chi connectivity index (χ0v) is 25.9. The number of benzene rings is 2. The number of nitrogens with zero attached hydrogens (tertiary/aromatic N) is 6. The fourth-order valence-electron chi connectivity index (χ4n) is 4.83. The van der Waals surface area contributed by atoms with Crippen LogP contribution in [0.1, 0.15) is 58.1 Å². The number of anilines is 2. The quantitative estimate of drug-likeness (QED) is 0.303. The SMILES string of the molecule is C=C(F)C(=O)N1CCN(c2nc(C)nc3c2CCN(c2cccc4cccc(Cl)c24)C3)CC1.CC.CC#N.CCC. The minimum Gasteiger partial charge on any atom is -0.365 e. The maximum absolute atomic E-state index is 13.2. The Morgan fingerprint density at radius 2 is 1.63 bits per heavy atom. The highest BCUT2D eigenvalue weighted by atomic mass is 35.5. The zero-order valence-electron chi connectivity index (χ0n) is 25.2. The molecule has 41 heavy (non-hydrogen) atoms. The van der Waals surface area contributed by atoms with E-state index in [2.05, 4.69) is 54.5 Å². The smallest absolute Gasteiger partial charge is 0.282 e. The van der Waals surface area contributed by atoms with Gasteiger partial charge < -0.3 is 14.7 Å². The van der Waals surface area contributed by atoms with Gasteiger partial charge in [-0.15, -0.1) is 0 Å². The molecule has 9 heteroatoms. The predicted molar refractivity (Wildman–Crippen MR) is 168 cm³/mol. The van der Waals surface area contributed by atoms with Crippen molar-refractivity contribution in [3.63, 3.8) is 0 Å². The second-order valence-electron chi connectivity index (χ2n) is 9.42. The first-order valence-corrected chi connectivity index (χ1v) is 14.6. The lowest BCUT2D eigenvalue weighted by molar-refractivity contribution is -0.128. The number of rotatable bonds is 3. The summed E-state index contributed by atoms with van der Waals surface area (Å²) in [6.45, 7) is 18.3. The molecule has 2 aliphatic heterocycles. The Kier molecular flexibility index (Phi) is 13.5. The Morgan fingerprint density at radius 1 is 1.05 bits per heavy atom. The molecular weight excluding hydrogens is 539 g/mol. The Labute approximate surface area is 249 Å². The minimum atomic E-state index is -0.910. The second kappa shape index (κ2) is 16.5. The summed E-state index contributed by atoms with van der Waals surface area (Å²) in [6, 6.07) is 14.0. The van der Waals surface area contributed by atoms with Gasteiger partial charge >= 0.3 is 0 Å². The van der Waals surface area contributed by atoms with Gasteiger partial charge in [0.2, 0.25) is 0 Å². The Balaban J connectivity index is 0.000000666. The third-order valence-electron chi connectivity index (χ3n) is 6.43. The molecule has 0 spiro atoms. The Hall–Kier alpha value is -3.70. The Bertz CT molecular complexity index is 1360. The molecule has 0 radical (unpaired) electrons. The van der Waals surface area contributed by atoms with E-state index in [1.165, 1.54) is 18.2 Å². The van der Waals surface area contributed by atoms with E-state index in [0.29, 0.717) is 32.7 Å². The number of nitriles is 1. The van der Waals surface area contributed by atoms with Gasteiger partial charge in [-0.2, -0.15) is 5.26 Å². The molecule has 2 aliphatic rings. The summed E-state index contributed by atoms with van der Waals surface area (Å²) in [5, 5.41) is 10.2. The lowest BCUT2D eigenvalue weighted by atomic mass is 10.0. The summed E-state index contributed by atoms with van der Waals surface area (Å²) in [7, 11) is 0. The molecule has 1 aromatic heterocycles. The van der Waals surface area contributed by atoms with Crippen molar-refractivity contribution in [1.82, 2.24) is 14.9 Å². The van der Waals surface area contributed by atoms with Crippen LogP contribution >= 0.6 is 11.6 Å². The lowest BCUT2D eigenvalue weighted by Gasteiger charge is -2.38. The van der Waals surface area contributed by atoms with Crippen LogP contribution in [0, 0.1) is 18.3 Å². The van der Waals surface area contributed by atoms with Gasteiger partial charge in [-0.25, -0.2) is 14.4 Å². The summed E-state index contributed by atoms with van der Waals surface area (Å²) in [4.78, 5) is 27.5. The van der Waals surface area contributed by atoms with E-state index in [4.69, 9.17) is 26.8 Å². The van der Waals surface area contributed by atoms with Gasteiger partial charge in [-0.3, -0.25) is 4.79 Å². The first kappa shape index (κ1) is 33.5. The fraction of sp³-hybridized carbons (Fsp3) is 0.438. The second-order valence-corrected chi connectivity index (χ2v) is 9.83. The molecule has 1 amide bonds. The molecule has 1 saturated heterocycles. The van der Waals surface area contributed by atoms with Gasteiger partial charge in [0.1, 0.15) is 11.6 Å². The molecule has 2 aromatic carbocycles. The van der Waals surface area contributed by atoms with Crippen molar-refractivity contribution in [1.29, 1.82) is 5.26 Å². The number of hydrogen-bond donors (Lipinski definition) is 0. The van der Waals surface area contributed by atoms with Crippen molar-refractivity contribution in [3.05, 3.63) is 70.9 Å². The average Bonchev–Trinajstić information content (AvgIpc) is 2.98. The van der Waals surface area contributed by atoms with Crippen molar-refractivity contribution < 1.29 is 9.18 Å². The normalized spacial score (nSPS) is 13.8. The molecule has 0 bridgehead atoms. The highest BCUT2D eigenvalue weighted by Gasteiger charge is 2.29. The minimum absolute atomic E-state index is 0.445. The zero-order chi connectivity index (χ0) is 30.5. The lowest BCUT2D eigenvalue weighted by Crippen LogP contribution is -2.49. The highest BCUT2D eigenvalue weighted by Crippen LogP contribution is 2.36. The Morgan fingerprint density at radius 3 is 2.22 bits per heavy atom. The van der Waals surface area contributed by atoms with Crippen molar-refractivity contribution in [2.24, 2.45) is 0 Å². The number of hydrogen-bond acceptors (Lipinski definition) is 6. The molecule has 0 atom stereocenters. The first-order chi connectivity index (χ1) is 19.7. The van der Waals surface area contributed by atoms with Crippen LogP contribution in [-0.2, 0) is 17.8 Å². The van der Waals surface area contributed by atoms with Crippen LogP contribution in [-0.4, -0.2) is 53.5 Å². The van der Waals surface area contributed by atoms with Crippen molar-refractivity contribution in [2.45, 2.75) is 60.9 Å². The van der Waals surface area contributed by atoms with Crippen LogP contribution < -0.4 is 9.80 Å². The van der Waals surface area contributed by atoms with E-state index in [-0.39, 0.29) is 0 Å². The summed E-state index contributed by atoms with van der Waals surface area (Å²) < 4.78 is 13.2. The standard InChI is InChI=1S/C25H25ClFN5O.C3H8.C2H3N.C2H6/c1-16(27)25(33)31-13-11-30(12-14-31)24-19-9-10-32(15-21(19)28-17(2)29-24)22-8-4-6-18-5-3-7-20(26)23(18)22;1-3-2;1-2-3;1-2/h3-8H,1,9-15H2,2H3;3H2,1-2H3;1H3;1-2H3. The molecule has 220 valence electrons. The van der Waals surface area contributed by atoms with E-state index < -0.39 is 11.7 Å². The molecule has 0 unspecified atom stereocenters. The molecule has 1 fully saturated rings. The number of aromatic nitrogens is 2. The fourth-order valence-corrected chi connectivity index (χ4v) is 5.11. The van der Waals surface area contributed by atoms with Crippen LogP contribution in [0.5, 0.6) is 0 Å². The van der Waals surface area contributed by atoms with Crippen molar-refractivity contribution in [2.75, 3.05) is 42.5 Å². The van der Waals surface area contributed by atoms with Crippen molar-refractivity contribution >= 4 is 39.8 Å². The number of fused-ring (bicyclic) bond motifs is 2. The third-order valence-corrected chi connectivity index (χ3v) is 6.74. The molecule has 3 heterocycles. The topological polar surface area (TPSA) is 76.4 Å². The summed E-state index contributed by atoms with van der Waals surface area (Å²) in [5.41, 5.74) is 3.28. The van der Waals surface area contributed by atoms with Crippen LogP contribution in [0.4, 0.5) is 15.9 Å². The largest absolute Gasteiger partial charge is 0.365 e. The summed E-state index contributed by atoms with van der Waals surface area (Å²) in [6.07, 6.45) is 2.06. The van der Waals surface area contributed by atoms with Gasteiger partial charge in [-0.1, -0.05) is 76.6 Å². The maximum Gasteiger partial charge on any atom is 0.282 e. The van der Waals surface area contributed by atoms with Gasteiger partial charge in [0.15, 0.2) is 5.83 Å². The van der Waals surface area contributed by atoms with Crippen LogP contribution in [0.3, 0.4) is 0 Å². The molecule has 5 rings (SSSR count). The van der Waals surface area contributed by atoms with E-state index in [9.17, 15) is 9.18 Å². The van der Waals surface area contributed by atoms with E-state index in [1.54, 1.807) is 6.07 Å². The number of aryl methyl sites for hydroxylation is 1. The molecule has 0 aliphatic carbocycles. The molecular formula is C32H42ClFN6O. The summed E-state index contributed by atoms with van der Waals surface area (Å²) >= 11 is 6.57. The monoisotopic (exact) mass is 580 g/mol. The number of carbonyl (C=O) groups excluding carboxylic acids is 1. The van der Waals surface area contributed by atoms with Gasteiger partial charge in [-0.05, 0) is 30.9 Å². The van der Waals surface area contributed by atoms with Crippen molar-refractivity contribution in [3.8, 4) is 6.07 Å². The number of piperazine rings is 1. The first-order valence-electron chi connectivity index (χ1n) is 14.2.